The molecular weight excluding hydrogens is 445 g/mol. The van der Waals surface area contributed by atoms with E-state index in [2.05, 4.69) is 109 Å². The van der Waals surface area contributed by atoms with E-state index >= 15 is 0 Å². The van der Waals surface area contributed by atoms with Crippen molar-refractivity contribution in [3.8, 4) is 17.1 Å². The van der Waals surface area contributed by atoms with Gasteiger partial charge in [-0.1, -0.05) is 120 Å². The van der Waals surface area contributed by atoms with Gasteiger partial charge in [-0.3, -0.25) is 4.57 Å². The second kappa shape index (κ2) is 11.2. The monoisotopic (exact) mass is 490 g/mol. The standard InChI is InChI=1S/C30H46N2Si2/c1-9-33(10-2,11-3)30(34(12-4,13-5)14-6)27-22-24(7)28(25(8)23-27)32-21-20-31-29(32)26-18-16-15-17-19-26/h15-23,30H,9-14H2,1-8H3. The first kappa shape index (κ1) is 26.7. The highest BCUT2D eigenvalue weighted by molar-refractivity contribution is 6.99. The fourth-order valence-electron chi connectivity index (χ4n) is 6.90. The van der Waals surface area contributed by atoms with Crippen LogP contribution in [0.15, 0.2) is 54.9 Å². The molecule has 0 spiro atoms. The van der Waals surface area contributed by atoms with Crippen molar-refractivity contribution in [2.24, 2.45) is 0 Å². The van der Waals surface area contributed by atoms with Crippen molar-refractivity contribution < 1.29 is 0 Å². The normalized spacial score (nSPS) is 12.5. The summed E-state index contributed by atoms with van der Waals surface area (Å²) in [5.74, 6) is 1.02. The van der Waals surface area contributed by atoms with Gasteiger partial charge in [0.1, 0.15) is 5.82 Å². The van der Waals surface area contributed by atoms with Gasteiger partial charge in [-0.2, -0.15) is 0 Å². The summed E-state index contributed by atoms with van der Waals surface area (Å²) in [7, 11) is -2.87. The Morgan fingerprint density at radius 1 is 0.735 bits per heavy atom. The highest BCUT2D eigenvalue weighted by Crippen LogP contribution is 2.47. The van der Waals surface area contributed by atoms with E-state index in [9.17, 15) is 0 Å². The van der Waals surface area contributed by atoms with Crippen LogP contribution in [0, 0.1) is 13.8 Å². The van der Waals surface area contributed by atoms with E-state index in [4.69, 9.17) is 4.98 Å². The molecule has 3 aromatic rings. The number of imidazole rings is 1. The molecular formula is C30H46N2Si2. The molecule has 2 nitrogen and oxygen atoms in total. The number of rotatable bonds is 11. The molecule has 0 atom stereocenters. The Hall–Kier alpha value is -1.92. The molecule has 184 valence electrons. The topological polar surface area (TPSA) is 17.8 Å². The third-order valence-corrected chi connectivity index (χ3v) is 24.4. The van der Waals surface area contributed by atoms with Gasteiger partial charge < -0.3 is 0 Å². The van der Waals surface area contributed by atoms with Crippen molar-refractivity contribution >= 4 is 16.1 Å². The predicted octanol–water partition coefficient (Wildman–Crippen LogP) is 9.34. The smallest absolute Gasteiger partial charge is 0.144 e. The summed E-state index contributed by atoms with van der Waals surface area (Å²) in [6.07, 6.45) is 4.06. The molecule has 0 N–H and O–H groups in total. The summed E-state index contributed by atoms with van der Waals surface area (Å²) < 4.78 is 2.30. The third kappa shape index (κ3) is 4.64. The van der Waals surface area contributed by atoms with Crippen LogP contribution in [0.4, 0.5) is 0 Å². The van der Waals surface area contributed by atoms with E-state index in [1.807, 2.05) is 6.20 Å². The van der Waals surface area contributed by atoms with Gasteiger partial charge >= 0.3 is 0 Å². The van der Waals surface area contributed by atoms with Crippen LogP contribution in [-0.2, 0) is 0 Å². The number of benzene rings is 2. The second-order valence-corrected chi connectivity index (χ2v) is 21.7. The lowest BCUT2D eigenvalue weighted by atomic mass is 10.0. The molecule has 3 rings (SSSR count). The van der Waals surface area contributed by atoms with Gasteiger partial charge in [0.05, 0.1) is 21.8 Å². The number of aromatic nitrogens is 2. The third-order valence-electron chi connectivity index (χ3n) is 9.21. The van der Waals surface area contributed by atoms with Crippen LogP contribution < -0.4 is 0 Å². The zero-order valence-electron chi connectivity index (χ0n) is 22.9. The quantitative estimate of drug-likeness (QED) is 0.245. The first-order valence-electron chi connectivity index (χ1n) is 13.6. The average Bonchev–Trinajstić information content (AvgIpc) is 3.34. The molecule has 0 fully saturated rings. The van der Waals surface area contributed by atoms with Crippen molar-refractivity contribution in [2.75, 3.05) is 0 Å². The van der Waals surface area contributed by atoms with Crippen molar-refractivity contribution in [1.82, 2.24) is 9.55 Å². The van der Waals surface area contributed by atoms with Crippen LogP contribution >= 0.6 is 0 Å². The van der Waals surface area contributed by atoms with Crippen LogP contribution in [0.2, 0.25) is 36.3 Å². The molecule has 0 aliphatic heterocycles. The van der Waals surface area contributed by atoms with E-state index in [1.165, 1.54) is 53.1 Å². The summed E-state index contributed by atoms with van der Waals surface area (Å²) in [5, 5.41) is 0.836. The fourth-order valence-corrected chi connectivity index (χ4v) is 23.0. The zero-order chi connectivity index (χ0) is 24.9. The van der Waals surface area contributed by atoms with Gasteiger partial charge in [-0.15, -0.1) is 0 Å². The summed E-state index contributed by atoms with van der Waals surface area (Å²) in [6, 6.07) is 24.1. The molecule has 0 amide bonds. The molecule has 0 saturated heterocycles. The van der Waals surface area contributed by atoms with Gasteiger partial charge in [0.15, 0.2) is 0 Å². The van der Waals surface area contributed by atoms with Gasteiger partial charge in [-0.05, 0) is 35.7 Å². The van der Waals surface area contributed by atoms with Crippen LogP contribution in [0.1, 0.15) is 63.4 Å². The van der Waals surface area contributed by atoms with E-state index in [0.717, 1.165) is 16.6 Å². The first-order valence-corrected chi connectivity index (χ1v) is 19.0. The maximum atomic E-state index is 4.74. The molecule has 0 saturated carbocycles. The van der Waals surface area contributed by atoms with Gasteiger partial charge in [0, 0.05) is 18.0 Å². The number of hydrogen-bond acceptors (Lipinski definition) is 1. The highest BCUT2D eigenvalue weighted by Gasteiger charge is 2.49. The van der Waals surface area contributed by atoms with E-state index in [0.29, 0.717) is 0 Å². The Morgan fingerprint density at radius 2 is 1.21 bits per heavy atom. The maximum absolute atomic E-state index is 4.74. The van der Waals surface area contributed by atoms with Crippen LogP contribution in [0.5, 0.6) is 0 Å². The Balaban J connectivity index is 2.22. The lowest BCUT2D eigenvalue weighted by Crippen LogP contribution is -2.55. The largest absolute Gasteiger partial charge is 0.299 e. The lowest BCUT2D eigenvalue weighted by Gasteiger charge is -2.49. The zero-order valence-corrected chi connectivity index (χ0v) is 24.9. The fraction of sp³-hybridized carbons (Fsp3) is 0.500. The Bertz CT molecular complexity index is 1000. The summed E-state index contributed by atoms with van der Waals surface area (Å²) in [5.41, 5.74) is 6.89. The van der Waals surface area contributed by atoms with Crippen LogP contribution in [0.25, 0.3) is 17.1 Å². The SMILES string of the molecule is CC[Si](CC)(CC)C(c1cc(C)c(-n2ccnc2-c2ccccc2)c(C)c1)[Si](CC)(CC)CC. The minimum Gasteiger partial charge on any atom is -0.299 e. The molecule has 0 unspecified atom stereocenters. The summed E-state index contributed by atoms with van der Waals surface area (Å²) >= 11 is 0. The molecule has 34 heavy (non-hydrogen) atoms. The van der Waals surface area contributed by atoms with Crippen molar-refractivity contribution in [3.63, 3.8) is 0 Å². The lowest BCUT2D eigenvalue weighted by molar-refractivity contribution is 0.974. The number of hydrogen-bond donors (Lipinski definition) is 0. The molecule has 0 aliphatic rings. The summed E-state index contributed by atoms with van der Waals surface area (Å²) in [4.78, 5) is 4.74. The minimum absolute atomic E-state index is 0.836. The second-order valence-electron chi connectivity index (χ2n) is 10.3. The molecule has 0 radical (unpaired) electrons. The van der Waals surface area contributed by atoms with E-state index < -0.39 is 16.1 Å². The Kier molecular flexibility index (Phi) is 8.80. The first-order chi connectivity index (χ1) is 16.4. The Labute approximate surface area is 210 Å². The van der Waals surface area contributed by atoms with Crippen LogP contribution in [-0.4, -0.2) is 25.7 Å². The van der Waals surface area contributed by atoms with Gasteiger partial charge in [-0.25, -0.2) is 4.98 Å². The predicted molar refractivity (Wildman–Crippen MR) is 156 cm³/mol. The van der Waals surface area contributed by atoms with E-state index in [1.54, 1.807) is 5.56 Å². The Morgan fingerprint density at radius 3 is 1.65 bits per heavy atom. The minimum atomic E-state index is -1.44. The maximum Gasteiger partial charge on any atom is 0.144 e. The molecule has 0 bridgehead atoms. The molecule has 4 heteroatoms. The molecule has 2 aromatic carbocycles. The average molecular weight is 491 g/mol. The van der Waals surface area contributed by atoms with Crippen molar-refractivity contribution in [1.29, 1.82) is 0 Å². The molecule has 0 aliphatic carbocycles. The number of nitrogens with zero attached hydrogens (tertiary/aromatic N) is 2. The molecule has 1 aromatic heterocycles. The van der Waals surface area contributed by atoms with Crippen molar-refractivity contribution in [3.05, 3.63) is 71.5 Å². The van der Waals surface area contributed by atoms with Gasteiger partial charge in [0.2, 0.25) is 0 Å². The number of aryl methyl sites for hydroxylation is 2. The van der Waals surface area contributed by atoms with Gasteiger partial charge in [0.25, 0.3) is 0 Å². The van der Waals surface area contributed by atoms with Crippen LogP contribution in [0.3, 0.4) is 0 Å². The van der Waals surface area contributed by atoms with E-state index in [-0.39, 0.29) is 0 Å². The van der Waals surface area contributed by atoms with Crippen molar-refractivity contribution in [2.45, 2.75) is 96.8 Å². The molecule has 1 heterocycles. The highest BCUT2D eigenvalue weighted by atomic mass is 28.4. The summed E-state index contributed by atoms with van der Waals surface area (Å²) in [6.45, 7) is 19.6.